The van der Waals surface area contributed by atoms with E-state index in [-0.39, 0.29) is 16.9 Å². The second-order valence-corrected chi connectivity index (χ2v) is 8.22. The molecular formula is C26H32N2O6. The van der Waals surface area contributed by atoms with Crippen molar-refractivity contribution in [2.75, 3.05) is 48.0 Å². The second-order valence-electron chi connectivity index (χ2n) is 8.22. The number of methoxy groups -OCH3 is 2. The molecule has 34 heavy (non-hydrogen) atoms. The van der Waals surface area contributed by atoms with Crippen LogP contribution in [0.5, 0.6) is 17.2 Å². The Hall–Kier alpha value is -3.52. The summed E-state index contributed by atoms with van der Waals surface area (Å²) in [6.45, 7) is 3.54. The van der Waals surface area contributed by atoms with Crippen molar-refractivity contribution in [3.63, 3.8) is 0 Å². The van der Waals surface area contributed by atoms with E-state index >= 15 is 0 Å². The Morgan fingerprint density at radius 3 is 2.29 bits per heavy atom. The summed E-state index contributed by atoms with van der Waals surface area (Å²) >= 11 is 0. The van der Waals surface area contributed by atoms with E-state index in [4.69, 9.17) is 14.2 Å². The van der Waals surface area contributed by atoms with Gasteiger partial charge in [0.2, 0.25) is 0 Å². The minimum atomic E-state index is -0.742. The van der Waals surface area contributed by atoms with Crippen LogP contribution in [0.4, 0.5) is 0 Å². The van der Waals surface area contributed by atoms with Gasteiger partial charge in [0.25, 0.3) is 11.7 Å². The maximum atomic E-state index is 13.2. The van der Waals surface area contributed by atoms with Crippen molar-refractivity contribution in [1.29, 1.82) is 0 Å². The molecule has 1 unspecified atom stereocenters. The third-order valence-corrected chi connectivity index (χ3v) is 5.71. The fourth-order valence-electron chi connectivity index (χ4n) is 4.07. The zero-order chi connectivity index (χ0) is 24.8. The molecule has 1 atom stereocenters. The lowest BCUT2D eigenvalue weighted by atomic mass is 9.94. The maximum Gasteiger partial charge on any atom is 0.295 e. The fourth-order valence-corrected chi connectivity index (χ4v) is 4.07. The third kappa shape index (κ3) is 5.17. The van der Waals surface area contributed by atoms with Crippen LogP contribution in [0.3, 0.4) is 0 Å². The maximum absolute atomic E-state index is 13.2. The van der Waals surface area contributed by atoms with Gasteiger partial charge in [-0.1, -0.05) is 12.1 Å². The van der Waals surface area contributed by atoms with E-state index in [0.29, 0.717) is 42.4 Å². The number of aliphatic hydroxyl groups excluding tert-OH is 1. The van der Waals surface area contributed by atoms with Crippen molar-refractivity contribution < 1.29 is 28.9 Å². The molecule has 1 heterocycles. The summed E-state index contributed by atoms with van der Waals surface area (Å²) in [7, 11) is 6.89. The highest BCUT2D eigenvalue weighted by Gasteiger charge is 2.46. The zero-order valence-electron chi connectivity index (χ0n) is 20.3. The number of amides is 1. The lowest BCUT2D eigenvalue weighted by molar-refractivity contribution is -0.139. The van der Waals surface area contributed by atoms with Gasteiger partial charge in [-0.25, -0.2) is 0 Å². The zero-order valence-corrected chi connectivity index (χ0v) is 20.3. The van der Waals surface area contributed by atoms with Crippen LogP contribution in [0.15, 0.2) is 48.0 Å². The number of Topliss-reactive ketones (excluding diaryl/α,β-unsaturated/α-hetero) is 1. The first kappa shape index (κ1) is 25.1. The Balaban J connectivity index is 2.14. The molecule has 1 aliphatic heterocycles. The van der Waals surface area contributed by atoms with Crippen LogP contribution >= 0.6 is 0 Å². The molecule has 0 aromatic heterocycles. The standard InChI is InChI=1S/C26H32N2O6/c1-6-34-18-10-8-17(9-11-18)23-22(25(30)26(31)28(23)15-7-14-27(2)3)24(29)20-16-19(32-4)12-13-21(20)33-5/h8-13,16,23,29H,6-7,14-15H2,1-5H3/b24-22+. The number of carbonyl (C=O) groups is 2. The fraction of sp³-hybridized carbons (Fsp3) is 0.385. The van der Waals surface area contributed by atoms with Crippen molar-refractivity contribution in [1.82, 2.24) is 9.80 Å². The number of ketones is 1. The summed E-state index contributed by atoms with van der Waals surface area (Å²) in [5, 5.41) is 11.4. The largest absolute Gasteiger partial charge is 0.507 e. The lowest BCUT2D eigenvalue weighted by Gasteiger charge is -2.26. The Morgan fingerprint density at radius 1 is 1.03 bits per heavy atom. The number of hydrogen-bond donors (Lipinski definition) is 1. The van der Waals surface area contributed by atoms with E-state index in [0.717, 1.165) is 6.54 Å². The molecule has 0 bridgehead atoms. The predicted octanol–water partition coefficient (Wildman–Crippen LogP) is 3.48. The smallest absolute Gasteiger partial charge is 0.295 e. The lowest BCUT2D eigenvalue weighted by Crippen LogP contribution is -2.32. The van der Waals surface area contributed by atoms with Crippen LogP contribution in [0.1, 0.15) is 30.5 Å². The van der Waals surface area contributed by atoms with E-state index in [9.17, 15) is 14.7 Å². The molecule has 0 radical (unpaired) electrons. The van der Waals surface area contributed by atoms with Crippen LogP contribution in [0, 0.1) is 0 Å². The van der Waals surface area contributed by atoms with Crippen molar-refractivity contribution in [3.05, 3.63) is 59.2 Å². The predicted molar refractivity (Wildman–Crippen MR) is 129 cm³/mol. The Labute approximate surface area is 200 Å². The van der Waals surface area contributed by atoms with Crippen LogP contribution < -0.4 is 14.2 Å². The summed E-state index contributed by atoms with van der Waals surface area (Å²) in [5.41, 5.74) is 1.01. The minimum Gasteiger partial charge on any atom is -0.507 e. The number of benzene rings is 2. The van der Waals surface area contributed by atoms with Crippen molar-refractivity contribution in [2.24, 2.45) is 0 Å². The third-order valence-electron chi connectivity index (χ3n) is 5.71. The Morgan fingerprint density at radius 2 is 1.71 bits per heavy atom. The van der Waals surface area contributed by atoms with Gasteiger partial charge in [0, 0.05) is 6.54 Å². The van der Waals surface area contributed by atoms with Gasteiger partial charge >= 0.3 is 0 Å². The number of carbonyl (C=O) groups excluding carboxylic acids is 2. The molecule has 0 saturated carbocycles. The van der Waals surface area contributed by atoms with Gasteiger partial charge in [-0.15, -0.1) is 0 Å². The summed E-state index contributed by atoms with van der Waals surface area (Å²) in [4.78, 5) is 29.9. The first-order chi connectivity index (χ1) is 16.3. The van der Waals surface area contributed by atoms with Gasteiger partial charge in [0.15, 0.2) is 0 Å². The van der Waals surface area contributed by atoms with E-state index in [1.54, 1.807) is 30.3 Å². The molecule has 3 rings (SSSR count). The topological polar surface area (TPSA) is 88.5 Å². The SMILES string of the molecule is CCOc1ccc(C2/C(=C(\O)c3cc(OC)ccc3OC)C(=O)C(=O)N2CCCN(C)C)cc1. The first-order valence-corrected chi connectivity index (χ1v) is 11.2. The number of nitrogens with zero attached hydrogens (tertiary/aromatic N) is 2. The average Bonchev–Trinajstić information content (AvgIpc) is 3.08. The normalized spacial score (nSPS) is 17.4. The van der Waals surface area contributed by atoms with Gasteiger partial charge in [-0.2, -0.15) is 0 Å². The van der Waals surface area contributed by atoms with Crippen LogP contribution in [0.2, 0.25) is 0 Å². The molecule has 8 nitrogen and oxygen atoms in total. The molecule has 182 valence electrons. The number of rotatable bonds is 10. The molecule has 2 aromatic carbocycles. The molecule has 1 N–H and O–H groups in total. The Bertz CT molecular complexity index is 1060. The van der Waals surface area contributed by atoms with Crippen LogP contribution in [-0.4, -0.2) is 74.6 Å². The quantitative estimate of drug-likeness (QED) is 0.324. The molecule has 1 aliphatic rings. The van der Waals surface area contributed by atoms with Crippen molar-refractivity contribution in [2.45, 2.75) is 19.4 Å². The average molecular weight is 469 g/mol. The summed E-state index contributed by atoms with van der Waals surface area (Å²) < 4.78 is 16.2. The van der Waals surface area contributed by atoms with E-state index < -0.39 is 17.7 Å². The van der Waals surface area contributed by atoms with Crippen molar-refractivity contribution in [3.8, 4) is 17.2 Å². The monoisotopic (exact) mass is 468 g/mol. The van der Waals surface area contributed by atoms with E-state index in [1.807, 2.05) is 38.1 Å². The molecular weight excluding hydrogens is 436 g/mol. The molecule has 1 fully saturated rings. The number of ether oxygens (including phenoxy) is 3. The first-order valence-electron chi connectivity index (χ1n) is 11.2. The highest BCUT2D eigenvalue weighted by atomic mass is 16.5. The van der Waals surface area contributed by atoms with E-state index in [1.165, 1.54) is 19.1 Å². The number of likely N-dealkylation sites (tertiary alicyclic amines) is 1. The molecule has 0 spiro atoms. The number of aliphatic hydroxyl groups is 1. The van der Waals surface area contributed by atoms with Gasteiger partial charge in [0.1, 0.15) is 23.0 Å². The minimum absolute atomic E-state index is 0.0190. The molecule has 8 heteroatoms. The summed E-state index contributed by atoms with van der Waals surface area (Å²) in [6, 6.07) is 11.4. The van der Waals surface area contributed by atoms with Gasteiger partial charge < -0.3 is 29.1 Å². The molecule has 1 amide bonds. The van der Waals surface area contributed by atoms with Gasteiger partial charge in [-0.05, 0) is 69.9 Å². The molecule has 1 saturated heterocycles. The molecule has 2 aromatic rings. The summed E-state index contributed by atoms with van der Waals surface area (Å²) in [5.74, 6) is -0.136. The van der Waals surface area contributed by atoms with Crippen LogP contribution in [0.25, 0.3) is 5.76 Å². The van der Waals surface area contributed by atoms with Crippen LogP contribution in [-0.2, 0) is 9.59 Å². The second kappa shape index (κ2) is 11.1. The number of hydrogen-bond acceptors (Lipinski definition) is 7. The van der Waals surface area contributed by atoms with E-state index in [2.05, 4.69) is 0 Å². The van der Waals surface area contributed by atoms with Gasteiger partial charge in [0.05, 0.1) is 38.0 Å². The Kier molecular flexibility index (Phi) is 8.17. The highest BCUT2D eigenvalue weighted by Crippen LogP contribution is 2.42. The van der Waals surface area contributed by atoms with Gasteiger partial charge in [-0.3, -0.25) is 9.59 Å². The summed E-state index contributed by atoms with van der Waals surface area (Å²) in [6.07, 6.45) is 0.677. The molecule has 0 aliphatic carbocycles. The highest BCUT2D eigenvalue weighted by molar-refractivity contribution is 6.46. The van der Waals surface area contributed by atoms with Crippen molar-refractivity contribution >= 4 is 17.4 Å².